The summed E-state index contributed by atoms with van der Waals surface area (Å²) < 4.78 is 10.6. The second kappa shape index (κ2) is 8.11. The number of Topliss-reactive ketones (excluding diaryl/α,β-unsaturated/α-hetero) is 2. The Morgan fingerprint density at radius 2 is 2.10 bits per heavy atom. The minimum Gasteiger partial charge on any atom is -0.504 e. The lowest BCUT2D eigenvalue weighted by Crippen LogP contribution is -2.57. The Balaban J connectivity index is 1.70. The summed E-state index contributed by atoms with van der Waals surface area (Å²) in [4.78, 5) is 40.1. The molecule has 3 aliphatic rings. The zero-order valence-corrected chi connectivity index (χ0v) is 18.6. The van der Waals surface area contributed by atoms with Gasteiger partial charge in [-0.2, -0.15) is 0 Å². The van der Waals surface area contributed by atoms with Gasteiger partial charge < -0.3 is 14.8 Å². The fourth-order valence-electron chi connectivity index (χ4n) is 5.78. The van der Waals surface area contributed by atoms with Crippen molar-refractivity contribution in [3.05, 3.63) is 35.6 Å². The molecule has 0 aliphatic carbocycles. The SMILES string of the molecule is CC[C@@H]1CN2CC[C@]3(Nc4cccc(OC(C)=O)c4C3=O)C2C[C@@H]1/C(=C\OC)C(C)=O. The van der Waals surface area contributed by atoms with E-state index in [2.05, 4.69) is 17.1 Å². The van der Waals surface area contributed by atoms with E-state index >= 15 is 0 Å². The number of hydrogen-bond donors (Lipinski definition) is 1. The number of nitrogens with zero attached hydrogens (tertiary/aromatic N) is 1. The molecule has 1 N–H and O–H groups in total. The van der Waals surface area contributed by atoms with Gasteiger partial charge in [0, 0.05) is 37.3 Å². The fourth-order valence-corrected chi connectivity index (χ4v) is 5.78. The van der Waals surface area contributed by atoms with Crippen LogP contribution in [0.25, 0.3) is 0 Å². The van der Waals surface area contributed by atoms with E-state index in [9.17, 15) is 14.4 Å². The molecule has 0 saturated carbocycles. The summed E-state index contributed by atoms with van der Waals surface area (Å²) in [6.45, 7) is 6.71. The van der Waals surface area contributed by atoms with E-state index in [-0.39, 0.29) is 23.5 Å². The number of fused-ring (bicyclic) bond motifs is 3. The molecule has 3 aliphatic heterocycles. The van der Waals surface area contributed by atoms with Gasteiger partial charge in [-0.3, -0.25) is 19.3 Å². The van der Waals surface area contributed by atoms with Gasteiger partial charge in [0.05, 0.1) is 18.9 Å². The highest BCUT2D eigenvalue weighted by Crippen LogP contribution is 2.50. The second-order valence-electron chi connectivity index (χ2n) is 8.83. The summed E-state index contributed by atoms with van der Waals surface area (Å²) in [5.74, 6) is 0.199. The van der Waals surface area contributed by atoms with Crippen LogP contribution in [-0.2, 0) is 14.3 Å². The van der Waals surface area contributed by atoms with Crippen LogP contribution < -0.4 is 10.1 Å². The van der Waals surface area contributed by atoms with E-state index in [4.69, 9.17) is 9.47 Å². The maximum Gasteiger partial charge on any atom is 0.308 e. The minimum atomic E-state index is -0.773. The third-order valence-corrected chi connectivity index (χ3v) is 7.16. The first kappa shape index (κ1) is 21.6. The largest absolute Gasteiger partial charge is 0.504 e. The zero-order chi connectivity index (χ0) is 22.3. The summed E-state index contributed by atoms with van der Waals surface area (Å²) in [5, 5.41) is 3.51. The van der Waals surface area contributed by atoms with E-state index in [1.807, 2.05) is 6.07 Å². The van der Waals surface area contributed by atoms with E-state index in [1.165, 1.54) is 6.92 Å². The molecule has 0 bridgehead atoms. The Bertz CT molecular complexity index is 955. The van der Waals surface area contributed by atoms with Crippen LogP contribution in [-0.4, -0.2) is 54.2 Å². The number of methoxy groups -OCH3 is 1. The van der Waals surface area contributed by atoms with Crippen LogP contribution in [0.5, 0.6) is 5.75 Å². The molecular weight excluding hydrogens is 396 g/mol. The van der Waals surface area contributed by atoms with Crippen LogP contribution >= 0.6 is 0 Å². The topological polar surface area (TPSA) is 84.9 Å². The number of esters is 1. The van der Waals surface area contributed by atoms with Gasteiger partial charge in [0.2, 0.25) is 0 Å². The van der Waals surface area contributed by atoms with Crippen molar-refractivity contribution in [2.75, 3.05) is 25.5 Å². The van der Waals surface area contributed by atoms with Crippen LogP contribution in [0.1, 0.15) is 50.4 Å². The van der Waals surface area contributed by atoms with Gasteiger partial charge in [-0.1, -0.05) is 19.4 Å². The van der Waals surface area contributed by atoms with Gasteiger partial charge in [-0.25, -0.2) is 0 Å². The lowest BCUT2D eigenvalue weighted by Gasteiger charge is -2.45. The number of ketones is 2. The molecule has 0 radical (unpaired) electrons. The van der Waals surface area contributed by atoms with Crippen LogP contribution in [0.3, 0.4) is 0 Å². The maximum atomic E-state index is 13.8. The van der Waals surface area contributed by atoms with Gasteiger partial charge in [0.15, 0.2) is 11.6 Å². The van der Waals surface area contributed by atoms with Gasteiger partial charge in [0.1, 0.15) is 11.3 Å². The average Bonchev–Trinajstić information content (AvgIpc) is 3.23. The molecule has 1 aromatic carbocycles. The molecule has 1 aromatic rings. The van der Waals surface area contributed by atoms with Crippen LogP contribution in [0.4, 0.5) is 5.69 Å². The highest BCUT2D eigenvalue weighted by molar-refractivity contribution is 6.16. The number of rotatable bonds is 5. The number of piperidine rings is 1. The molecule has 31 heavy (non-hydrogen) atoms. The average molecular weight is 427 g/mol. The molecule has 7 nitrogen and oxygen atoms in total. The molecule has 4 atom stereocenters. The molecule has 3 heterocycles. The van der Waals surface area contributed by atoms with Crippen molar-refractivity contribution < 1.29 is 23.9 Å². The van der Waals surface area contributed by atoms with Crippen molar-refractivity contribution in [3.63, 3.8) is 0 Å². The smallest absolute Gasteiger partial charge is 0.308 e. The predicted octanol–water partition coefficient (Wildman–Crippen LogP) is 3.20. The normalized spacial score (nSPS) is 30.0. The monoisotopic (exact) mass is 426 g/mol. The van der Waals surface area contributed by atoms with Crippen molar-refractivity contribution >= 4 is 23.2 Å². The van der Waals surface area contributed by atoms with Crippen molar-refractivity contribution in [2.24, 2.45) is 11.8 Å². The lowest BCUT2D eigenvalue weighted by molar-refractivity contribution is -0.131. The number of ether oxygens (including phenoxy) is 2. The molecule has 2 saturated heterocycles. The first-order chi connectivity index (χ1) is 14.8. The Morgan fingerprint density at radius 1 is 1.32 bits per heavy atom. The van der Waals surface area contributed by atoms with Crippen LogP contribution in [0.2, 0.25) is 0 Å². The third-order valence-electron chi connectivity index (χ3n) is 7.16. The van der Waals surface area contributed by atoms with Gasteiger partial charge in [-0.15, -0.1) is 0 Å². The first-order valence-corrected chi connectivity index (χ1v) is 10.9. The molecule has 0 amide bonds. The molecule has 2 fully saturated rings. The Kier molecular flexibility index (Phi) is 5.64. The highest BCUT2D eigenvalue weighted by Gasteiger charge is 2.59. The lowest BCUT2D eigenvalue weighted by atomic mass is 9.71. The summed E-state index contributed by atoms with van der Waals surface area (Å²) >= 11 is 0. The maximum absolute atomic E-state index is 13.8. The Morgan fingerprint density at radius 3 is 2.74 bits per heavy atom. The predicted molar refractivity (Wildman–Crippen MR) is 116 cm³/mol. The van der Waals surface area contributed by atoms with Crippen LogP contribution in [0.15, 0.2) is 30.0 Å². The van der Waals surface area contributed by atoms with Crippen LogP contribution in [0, 0.1) is 11.8 Å². The summed E-state index contributed by atoms with van der Waals surface area (Å²) in [5.41, 5.74) is 1.08. The highest BCUT2D eigenvalue weighted by atomic mass is 16.5. The van der Waals surface area contributed by atoms with E-state index in [0.717, 1.165) is 19.5 Å². The quantitative estimate of drug-likeness (QED) is 0.335. The Labute approximate surface area is 182 Å². The number of nitrogens with one attached hydrogen (secondary N) is 1. The summed E-state index contributed by atoms with van der Waals surface area (Å²) in [6, 6.07) is 5.26. The molecule has 166 valence electrons. The molecular formula is C24H30N2O5. The molecule has 4 rings (SSSR count). The third kappa shape index (κ3) is 3.45. The number of hydrogen-bond acceptors (Lipinski definition) is 7. The van der Waals surface area contributed by atoms with Gasteiger partial charge >= 0.3 is 5.97 Å². The Hall–Kier alpha value is -2.67. The fraction of sp³-hybridized carbons (Fsp3) is 0.542. The van der Waals surface area contributed by atoms with E-state index < -0.39 is 11.5 Å². The van der Waals surface area contributed by atoms with Gasteiger partial charge in [0.25, 0.3) is 0 Å². The number of benzene rings is 1. The molecule has 7 heteroatoms. The minimum absolute atomic E-state index is 0.0111. The van der Waals surface area contributed by atoms with Gasteiger partial charge in [-0.05, 0) is 43.7 Å². The summed E-state index contributed by atoms with van der Waals surface area (Å²) in [7, 11) is 1.56. The standard InChI is InChI=1S/C24H30N2O5/c1-5-16-12-26-10-9-24(21(26)11-17(16)18(13-30-4)14(2)27)23(29)22-19(25-24)7-6-8-20(22)31-15(3)28/h6-8,13,16-17,21,25H,5,9-12H2,1-4H3/b18-13-/t16-,17+,21?,24+/m1/s1. The van der Waals surface area contributed by atoms with Crippen molar-refractivity contribution in [3.8, 4) is 5.75 Å². The van der Waals surface area contributed by atoms with Crippen molar-refractivity contribution in [2.45, 2.75) is 51.6 Å². The number of carbonyl (C=O) groups is 3. The van der Waals surface area contributed by atoms with Crippen molar-refractivity contribution in [1.82, 2.24) is 4.90 Å². The molecule has 0 aromatic heterocycles. The molecule has 1 unspecified atom stereocenters. The summed E-state index contributed by atoms with van der Waals surface area (Å²) in [6.07, 6.45) is 3.90. The molecule has 1 spiro atoms. The zero-order valence-electron chi connectivity index (χ0n) is 18.6. The van der Waals surface area contributed by atoms with Crippen molar-refractivity contribution in [1.29, 1.82) is 0 Å². The second-order valence-corrected chi connectivity index (χ2v) is 8.83. The van der Waals surface area contributed by atoms with E-state index in [0.29, 0.717) is 41.3 Å². The number of allylic oxidation sites excluding steroid dienone is 1. The number of anilines is 1. The number of carbonyl (C=O) groups excluding carboxylic acids is 3. The van der Waals surface area contributed by atoms with E-state index in [1.54, 1.807) is 32.4 Å². The first-order valence-electron chi connectivity index (χ1n) is 10.9.